The Morgan fingerprint density at radius 3 is 1.30 bits per heavy atom. The first-order valence-corrected chi connectivity index (χ1v) is 16.0. The highest BCUT2D eigenvalue weighted by molar-refractivity contribution is 7.87. The fraction of sp³-hybridized carbons (Fsp3) is 1.00. The normalized spacial score (nSPS) is 15.5. The van der Waals surface area contributed by atoms with Gasteiger partial charge in [0.25, 0.3) is 0 Å². The average molecular weight is 453 g/mol. The van der Waals surface area contributed by atoms with E-state index in [1.807, 2.05) is 67.7 Å². The molecule has 0 saturated heterocycles. The van der Waals surface area contributed by atoms with Crippen LogP contribution in [0.4, 0.5) is 13.2 Å². The molecular weight excluding hydrogens is 417 g/mol. The highest BCUT2D eigenvalue weighted by Crippen LogP contribution is 2.38. The van der Waals surface area contributed by atoms with Crippen LogP contribution in [-0.2, 0) is 23.2 Å². The van der Waals surface area contributed by atoms with E-state index in [4.69, 9.17) is 8.85 Å². The first-order chi connectivity index (χ1) is 11.5. The molecule has 27 heavy (non-hydrogen) atoms. The van der Waals surface area contributed by atoms with Crippen LogP contribution >= 0.6 is 0 Å². The maximum absolute atomic E-state index is 12.7. The van der Waals surface area contributed by atoms with Gasteiger partial charge in [-0.25, -0.2) is 0 Å². The van der Waals surface area contributed by atoms with E-state index < -0.39 is 38.4 Å². The number of hydrogen-bond donors (Lipinski definition) is 0. The summed E-state index contributed by atoms with van der Waals surface area (Å²) in [7, 11) is -10.3. The summed E-state index contributed by atoms with van der Waals surface area (Å²) in [6.07, 6.45) is -1.36. The van der Waals surface area contributed by atoms with Gasteiger partial charge in [0.2, 0.25) is 0 Å². The molecule has 11 heteroatoms. The Balaban J connectivity index is 5.42. The Kier molecular flexibility index (Phi) is 8.44. The first-order valence-electron chi connectivity index (χ1n) is 8.81. The molecule has 0 aromatic carbocycles. The van der Waals surface area contributed by atoms with Crippen LogP contribution in [0.15, 0.2) is 0 Å². The van der Waals surface area contributed by atoms with Crippen molar-refractivity contribution in [3.63, 3.8) is 0 Å². The maximum Gasteiger partial charge on any atom is 0.523 e. The van der Waals surface area contributed by atoms with Crippen molar-refractivity contribution < 1.29 is 34.6 Å². The summed E-state index contributed by atoms with van der Waals surface area (Å²) in [5.41, 5.74) is -5.49. The van der Waals surface area contributed by atoms with Gasteiger partial charge in [-0.05, 0) is 36.3 Å². The number of halogens is 3. The van der Waals surface area contributed by atoms with Gasteiger partial charge < -0.3 is 8.85 Å². The third-order valence-corrected chi connectivity index (χ3v) is 15.5. The van der Waals surface area contributed by atoms with Crippen molar-refractivity contribution in [2.24, 2.45) is 0 Å². The zero-order valence-electron chi connectivity index (χ0n) is 18.1. The van der Waals surface area contributed by atoms with Crippen LogP contribution in [0.5, 0.6) is 0 Å². The molecule has 0 bridgehead atoms. The predicted molar refractivity (Wildman–Crippen MR) is 106 cm³/mol. The molecule has 0 saturated carbocycles. The zero-order valence-corrected chi connectivity index (χ0v) is 20.9. The molecule has 0 heterocycles. The largest absolute Gasteiger partial charge is 0.523 e. The minimum Gasteiger partial charge on any atom is -0.414 e. The highest BCUT2D eigenvalue weighted by Gasteiger charge is 2.49. The lowest BCUT2D eigenvalue weighted by molar-refractivity contribution is -0.0608. The smallest absolute Gasteiger partial charge is 0.414 e. The van der Waals surface area contributed by atoms with Crippen molar-refractivity contribution in [3.05, 3.63) is 0 Å². The van der Waals surface area contributed by atoms with Crippen molar-refractivity contribution in [1.29, 1.82) is 0 Å². The minimum atomic E-state index is -5.73. The van der Waals surface area contributed by atoms with E-state index >= 15 is 0 Å². The van der Waals surface area contributed by atoms with Gasteiger partial charge >= 0.3 is 15.6 Å². The Labute approximate surface area is 164 Å². The van der Waals surface area contributed by atoms with Gasteiger partial charge in [-0.3, -0.25) is 4.18 Å². The van der Waals surface area contributed by atoms with Gasteiger partial charge in [0.1, 0.15) is 6.10 Å². The van der Waals surface area contributed by atoms with E-state index in [2.05, 4.69) is 4.18 Å². The van der Waals surface area contributed by atoms with E-state index in [0.29, 0.717) is 0 Å². The molecular formula is C16H35F3O5SSi2. The Hall–Kier alpha value is 0.0538. The molecule has 0 spiro atoms. The summed E-state index contributed by atoms with van der Waals surface area (Å²) in [5, 5.41) is -0.360. The van der Waals surface area contributed by atoms with Gasteiger partial charge in [-0.2, -0.15) is 21.6 Å². The Morgan fingerprint density at radius 1 is 0.778 bits per heavy atom. The fourth-order valence-electron chi connectivity index (χ4n) is 1.37. The molecule has 5 nitrogen and oxygen atoms in total. The Morgan fingerprint density at radius 2 is 1.07 bits per heavy atom. The van der Waals surface area contributed by atoms with Crippen LogP contribution in [-0.4, -0.2) is 49.9 Å². The monoisotopic (exact) mass is 452 g/mol. The van der Waals surface area contributed by atoms with Crippen molar-refractivity contribution in [1.82, 2.24) is 0 Å². The number of rotatable bonds is 8. The standard InChI is InChI=1S/C16H35F3O5SSi2/c1-14(2,3)26(7,8)22-11-13(24-25(20,21)16(17,18)19)12-23-27(9,10)15(4,5)6/h13H,11-12H2,1-10H3. The van der Waals surface area contributed by atoms with Crippen molar-refractivity contribution in [3.8, 4) is 0 Å². The minimum absolute atomic E-state index is 0.180. The van der Waals surface area contributed by atoms with Crippen molar-refractivity contribution >= 4 is 26.8 Å². The molecule has 0 radical (unpaired) electrons. The summed E-state index contributed by atoms with van der Waals surface area (Å²) >= 11 is 0. The Bertz CT molecular complexity index is 561. The predicted octanol–water partition coefficient (Wildman–Crippen LogP) is 5.26. The number of hydrogen-bond acceptors (Lipinski definition) is 5. The van der Waals surface area contributed by atoms with Crippen LogP contribution in [0.25, 0.3) is 0 Å². The first kappa shape index (κ1) is 27.1. The van der Waals surface area contributed by atoms with Gasteiger partial charge in [0.05, 0.1) is 13.2 Å². The van der Waals surface area contributed by atoms with Crippen molar-refractivity contribution in [2.75, 3.05) is 13.2 Å². The zero-order chi connectivity index (χ0) is 22.1. The lowest BCUT2D eigenvalue weighted by Crippen LogP contribution is -2.47. The van der Waals surface area contributed by atoms with E-state index in [1.54, 1.807) is 0 Å². The second-order valence-electron chi connectivity index (χ2n) is 9.76. The SMILES string of the molecule is CC(C)(C)[Si](C)(C)OCC(CO[Si](C)(C)C(C)(C)C)OS(=O)(=O)C(F)(F)F. The van der Waals surface area contributed by atoms with E-state index in [9.17, 15) is 21.6 Å². The summed E-state index contributed by atoms with van der Waals surface area (Å²) in [5.74, 6) is 0. The topological polar surface area (TPSA) is 61.8 Å². The summed E-state index contributed by atoms with van der Waals surface area (Å²) in [4.78, 5) is 0. The lowest BCUT2D eigenvalue weighted by Gasteiger charge is -2.39. The van der Waals surface area contributed by atoms with Crippen molar-refractivity contribution in [2.45, 2.75) is 89.4 Å². The molecule has 164 valence electrons. The molecule has 0 N–H and O–H groups in total. The van der Waals surface area contributed by atoms with Gasteiger partial charge in [0, 0.05) is 0 Å². The fourth-order valence-corrected chi connectivity index (χ4v) is 4.02. The third-order valence-electron chi connectivity index (χ3n) is 5.42. The molecule has 0 atom stereocenters. The third kappa shape index (κ3) is 7.77. The summed E-state index contributed by atoms with van der Waals surface area (Å²) in [6, 6.07) is 0. The van der Waals surface area contributed by atoms with Crippen LogP contribution < -0.4 is 0 Å². The second kappa shape index (κ2) is 8.43. The number of alkyl halides is 3. The molecule has 0 aliphatic heterocycles. The maximum atomic E-state index is 12.7. The summed E-state index contributed by atoms with van der Waals surface area (Å²) < 4.78 is 77.4. The second-order valence-corrected chi connectivity index (χ2v) is 20.9. The quantitative estimate of drug-likeness (QED) is 0.285. The molecule has 0 fully saturated rings. The van der Waals surface area contributed by atoms with Gasteiger partial charge in [-0.15, -0.1) is 0 Å². The van der Waals surface area contributed by atoms with E-state index in [-0.39, 0.29) is 23.3 Å². The van der Waals surface area contributed by atoms with E-state index in [1.165, 1.54) is 0 Å². The molecule has 0 unspecified atom stereocenters. The van der Waals surface area contributed by atoms with E-state index in [0.717, 1.165) is 0 Å². The lowest BCUT2D eigenvalue weighted by atomic mass is 10.2. The molecule has 0 aliphatic rings. The molecule has 0 aromatic heterocycles. The summed E-state index contributed by atoms with van der Waals surface area (Å²) in [6.45, 7) is 19.0. The van der Waals surface area contributed by atoms with Crippen LogP contribution in [0.1, 0.15) is 41.5 Å². The average Bonchev–Trinajstić information content (AvgIpc) is 2.37. The molecule has 0 aliphatic carbocycles. The van der Waals surface area contributed by atoms with Crippen LogP contribution in [0, 0.1) is 0 Å². The van der Waals surface area contributed by atoms with Gasteiger partial charge in [-0.1, -0.05) is 41.5 Å². The van der Waals surface area contributed by atoms with Crippen LogP contribution in [0.2, 0.25) is 36.3 Å². The molecule has 0 aromatic rings. The molecule has 0 amide bonds. The molecule has 0 rings (SSSR count). The highest BCUT2D eigenvalue weighted by atomic mass is 32.2. The van der Waals surface area contributed by atoms with Crippen LogP contribution in [0.3, 0.4) is 0 Å². The van der Waals surface area contributed by atoms with Gasteiger partial charge in [0.15, 0.2) is 16.6 Å².